The largest absolute Gasteiger partial charge is 0.497 e. The molecule has 0 radical (unpaired) electrons. The molecule has 1 unspecified atom stereocenters. The van der Waals surface area contributed by atoms with Gasteiger partial charge in [0.1, 0.15) is 24.1 Å². The number of amides is 2. The zero-order valence-electron chi connectivity index (χ0n) is 24.4. The molecule has 0 bridgehead atoms. The Hall–Kier alpha value is -3.76. The van der Waals surface area contributed by atoms with Crippen molar-refractivity contribution in [3.8, 4) is 11.5 Å². The summed E-state index contributed by atoms with van der Waals surface area (Å²) >= 11 is 6.29. The average Bonchev–Trinajstić information content (AvgIpc) is 2.97. The van der Waals surface area contributed by atoms with E-state index in [4.69, 9.17) is 21.1 Å². The van der Waals surface area contributed by atoms with E-state index >= 15 is 0 Å². The molecule has 9 nitrogen and oxygen atoms in total. The fraction of sp³-hybridized carbons (Fsp3) is 0.355. The first-order valence-electron chi connectivity index (χ1n) is 13.6. The van der Waals surface area contributed by atoms with Gasteiger partial charge in [0.25, 0.3) is 0 Å². The molecule has 42 heavy (non-hydrogen) atoms. The molecule has 3 aromatic rings. The second-order valence-electron chi connectivity index (χ2n) is 9.81. The lowest BCUT2D eigenvalue weighted by Gasteiger charge is -2.33. The Morgan fingerprint density at radius 1 is 0.952 bits per heavy atom. The molecule has 0 aromatic heterocycles. The number of unbranched alkanes of at least 4 members (excludes halogenated alkanes) is 1. The lowest BCUT2D eigenvalue weighted by molar-refractivity contribution is -0.140. The summed E-state index contributed by atoms with van der Waals surface area (Å²) in [6, 6.07) is 20.2. The van der Waals surface area contributed by atoms with Gasteiger partial charge in [-0.3, -0.25) is 13.9 Å². The Balaban J connectivity index is 2.06. The van der Waals surface area contributed by atoms with Crippen LogP contribution >= 0.6 is 11.6 Å². The first-order valence-corrected chi connectivity index (χ1v) is 15.8. The molecule has 0 aliphatic rings. The van der Waals surface area contributed by atoms with Crippen LogP contribution in [-0.4, -0.2) is 64.7 Å². The average molecular weight is 616 g/mol. The molecule has 11 heteroatoms. The van der Waals surface area contributed by atoms with Crippen LogP contribution < -0.4 is 19.1 Å². The summed E-state index contributed by atoms with van der Waals surface area (Å²) in [4.78, 5) is 29.3. The SMILES string of the molecule is CCCCNC(=O)C(Cc1ccccc1)N(Cc1cccc(OC)c1)C(=O)CN(c1ccc(OC)c(Cl)c1)S(C)(=O)=O. The number of hydrogen-bond donors (Lipinski definition) is 1. The monoisotopic (exact) mass is 615 g/mol. The highest BCUT2D eigenvalue weighted by molar-refractivity contribution is 7.92. The maximum atomic E-state index is 14.2. The Labute approximate surface area is 253 Å². The standard InChI is InChI=1S/C31H38ClN3O6S/c1-5-6-17-33-31(37)28(19-23-11-8-7-9-12-23)34(21-24-13-10-14-26(18-24)40-2)30(36)22-35(42(4,38)39)25-15-16-29(41-3)27(32)20-25/h7-16,18,20,28H,5-6,17,19,21-22H2,1-4H3,(H,33,37). The second-order valence-corrected chi connectivity index (χ2v) is 12.1. The normalized spacial score (nSPS) is 11.8. The summed E-state index contributed by atoms with van der Waals surface area (Å²) in [5.74, 6) is 0.0905. The fourth-order valence-electron chi connectivity index (χ4n) is 4.45. The van der Waals surface area contributed by atoms with E-state index in [9.17, 15) is 18.0 Å². The van der Waals surface area contributed by atoms with Crippen LogP contribution in [0.25, 0.3) is 0 Å². The molecule has 226 valence electrons. The first kappa shape index (κ1) is 32.8. The Bertz CT molecular complexity index is 1450. The van der Waals surface area contributed by atoms with Crippen LogP contribution in [0.5, 0.6) is 11.5 Å². The van der Waals surface area contributed by atoms with Crippen LogP contribution in [0.4, 0.5) is 5.69 Å². The zero-order valence-corrected chi connectivity index (χ0v) is 26.0. The number of sulfonamides is 1. The van der Waals surface area contributed by atoms with E-state index in [1.165, 1.54) is 30.2 Å². The predicted octanol–water partition coefficient (Wildman–Crippen LogP) is 4.68. The highest BCUT2D eigenvalue weighted by Gasteiger charge is 2.33. The highest BCUT2D eigenvalue weighted by atomic mass is 35.5. The molecular formula is C31H38ClN3O6S. The van der Waals surface area contributed by atoms with E-state index in [1.54, 1.807) is 25.3 Å². The molecule has 0 saturated heterocycles. The van der Waals surface area contributed by atoms with Crippen molar-refractivity contribution in [2.45, 2.75) is 38.8 Å². The summed E-state index contributed by atoms with van der Waals surface area (Å²) in [6.45, 7) is 1.99. The van der Waals surface area contributed by atoms with Crippen molar-refractivity contribution in [3.05, 3.63) is 88.9 Å². The fourth-order valence-corrected chi connectivity index (χ4v) is 5.55. The number of nitrogens with one attached hydrogen (secondary N) is 1. The van der Waals surface area contributed by atoms with Gasteiger partial charge in [0.15, 0.2) is 0 Å². The number of rotatable bonds is 15. The first-order chi connectivity index (χ1) is 20.1. The quantitative estimate of drug-likeness (QED) is 0.249. The van der Waals surface area contributed by atoms with Crippen LogP contribution in [0.15, 0.2) is 72.8 Å². The van der Waals surface area contributed by atoms with Gasteiger partial charge in [-0.25, -0.2) is 8.42 Å². The molecule has 0 fully saturated rings. The Kier molecular flexibility index (Phi) is 12.1. The topological polar surface area (TPSA) is 105 Å². The zero-order chi connectivity index (χ0) is 30.7. The highest BCUT2D eigenvalue weighted by Crippen LogP contribution is 2.30. The third kappa shape index (κ3) is 9.12. The van der Waals surface area contributed by atoms with Crippen molar-refractivity contribution < 1.29 is 27.5 Å². The van der Waals surface area contributed by atoms with Gasteiger partial charge in [-0.05, 0) is 47.9 Å². The minimum absolute atomic E-state index is 0.0513. The number of nitrogens with zero attached hydrogens (tertiary/aromatic N) is 2. The van der Waals surface area contributed by atoms with E-state index < -0.39 is 28.5 Å². The maximum Gasteiger partial charge on any atom is 0.244 e. The van der Waals surface area contributed by atoms with Gasteiger partial charge >= 0.3 is 0 Å². The third-order valence-electron chi connectivity index (χ3n) is 6.69. The molecule has 1 atom stereocenters. The number of halogens is 1. The van der Waals surface area contributed by atoms with Gasteiger partial charge in [-0.15, -0.1) is 0 Å². The van der Waals surface area contributed by atoms with Crippen molar-refractivity contribution >= 4 is 39.1 Å². The molecule has 2 amide bonds. The lowest BCUT2D eigenvalue weighted by Crippen LogP contribution is -2.53. The summed E-state index contributed by atoms with van der Waals surface area (Å²) in [5.41, 5.74) is 1.78. The summed E-state index contributed by atoms with van der Waals surface area (Å²) in [5, 5.41) is 3.16. The molecule has 0 spiro atoms. The van der Waals surface area contributed by atoms with Gasteiger partial charge in [-0.2, -0.15) is 0 Å². The predicted molar refractivity (Wildman–Crippen MR) is 166 cm³/mol. The molecular weight excluding hydrogens is 578 g/mol. The minimum atomic E-state index is -3.92. The number of carbonyl (C=O) groups excluding carboxylic acids is 2. The molecule has 0 aliphatic carbocycles. The molecule has 0 saturated carbocycles. The van der Waals surface area contributed by atoms with Crippen molar-refractivity contribution in [2.24, 2.45) is 0 Å². The van der Waals surface area contributed by atoms with Crippen LogP contribution in [-0.2, 0) is 32.6 Å². The minimum Gasteiger partial charge on any atom is -0.497 e. The van der Waals surface area contributed by atoms with E-state index in [1.807, 2.05) is 43.3 Å². The van der Waals surface area contributed by atoms with Crippen LogP contribution in [0.3, 0.4) is 0 Å². The number of methoxy groups -OCH3 is 2. The second kappa shape index (κ2) is 15.5. The van der Waals surface area contributed by atoms with E-state index in [0.717, 1.165) is 34.5 Å². The van der Waals surface area contributed by atoms with Crippen molar-refractivity contribution in [2.75, 3.05) is 37.9 Å². The lowest BCUT2D eigenvalue weighted by atomic mass is 10.0. The number of ether oxygens (including phenoxy) is 2. The summed E-state index contributed by atoms with van der Waals surface area (Å²) in [7, 11) is -0.924. The third-order valence-corrected chi connectivity index (χ3v) is 8.13. The summed E-state index contributed by atoms with van der Waals surface area (Å²) in [6.07, 6.45) is 2.93. The smallest absolute Gasteiger partial charge is 0.244 e. The summed E-state index contributed by atoms with van der Waals surface area (Å²) < 4.78 is 37.4. The van der Waals surface area contributed by atoms with E-state index in [-0.39, 0.29) is 29.6 Å². The molecule has 3 aromatic carbocycles. The van der Waals surface area contributed by atoms with Crippen LogP contribution in [0.2, 0.25) is 5.02 Å². The van der Waals surface area contributed by atoms with Gasteiger partial charge < -0.3 is 19.7 Å². The molecule has 0 heterocycles. The maximum absolute atomic E-state index is 14.2. The Morgan fingerprint density at radius 2 is 1.67 bits per heavy atom. The van der Waals surface area contributed by atoms with Crippen molar-refractivity contribution in [1.82, 2.24) is 10.2 Å². The van der Waals surface area contributed by atoms with E-state index in [2.05, 4.69) is 5.32 Å². The number of benzene rings is 3. The van der Waals surface area contributed by atoms with Gasteiger partial charge in [-0.1, -0.05) is 67.4 Å². The van der Waals surface area contributed by atoms with Crippen LogP contribution in [0, 0.1) is 0 Å². The Morgan fingerprint density at radius 3 is 2.29 bits per heavy atom. The molecule has 3 rings (SSSR count). The van der Waals surface area contributed by atoms with Crippen molar-refractivity contribution in [3.63, 3.8) is 0 Å². The number of carbonyl (C=O) groups is 2. The molecule has 0 aliphatic heterocycles. The number of hydrogen-bond acceptors (Lipinski definition) is 6. The van der Waals surface area contributed by atoms with Crippen LogP contribution in [0.1, 0.15) is 30.9 Å². The van der Waals surface area contributed by atoms with Crippen molar-refractivity contribution in [1.29, 1.82) is 0 Å². The molecule has 1 N–H and O–H groups in total. The van der Waals surface area contributed by atoms with Gasteiger partial charge in [0.2, 0.25) is 21.8 Å². The van der Waals surface area contributed by atoms with Gasteiger partial charge in [0, 0.05) is 19.5 Å². The van der Waals surface area contributed by atoms with Gasteiger partial charge in [0.05, 0.1) is 31.2 Å². The number of anilines is 1. The van der Waals surface area contributed by atoms with E-state index in [0.29, 0.717) is 18.0 Å².